The second-order valence-corrected chi connectivity index (χ2v) is 5.49. The van der Waals surface area contributed by atoms with Crippen LogP contribution in [-0.2, 0) is 5.75 Å². The first kappa shape index (κ1) is 14.4. The lowest BCUT2D eigenvalue weighted by Crippen LogP contribution is -2.13. The molecule has 3 nitrogen and oxygen atoms in total. The van der Waals surface area contributed by atoms with E-state index in [1.807, 2.05) is 25.1 Å². The zero-order valence-corrected chi connectivity index (χ0v) is 11.8. The van der Waals surface area contributed by atoms with Crippen molar-refractivity contribution in [1.29, 1.82) is 0 Å². The van der Waals surface area contributed by atoms with Gasteiger partial charge in [0, 0.05) is 16.2 Å². The predicted octanol–water partition coefficient (Wildman–Crippen LogP) is 3.52. The first-order chi connectivity index (χ1) is 9.58. The van der Waals surface area contributed by atoms with Crippen molar-refractivity contribution in [3.63, 3.8) is 0 Å². The molecule has 0 unspecified atom stereocenters. The van der Waals surface area contributed by atoms with Crippen LogP contribution < -0.4 is 5.73 Å². The summed E-state index contributed by atoms with van der Waals surface area (Å²) in [6.45, 7) is 2.03. The first-order valence-corrected chi connectivity index (χ1v) is 7.04. The molecular formula is C15H15FN2OS. The van der Waals surface area contributed by atoms with Crippen LogP contribution in [0.3, 0.4) is 0 Å². The van der Waals surface area contributed by atoms with Gasteiger partial charge in [0.05, 0.1) is 0 Å². The van der Waals surface area contributed by atoms with Gasteiger partial charge in [-0.05, 0) is 42.8 Å². The van der Waals surface area contributed by atoms with Gasteiger partial charge in [-0.2, -0.15) is 0 Å². The van der Waals surface area contributed by atoms with Crippen LogP contribution in [0.15, 0.2) is 52.5 Å². The van der Waals surface area contributed by atoms with Crippen molar-refractivity contribution in [1.82, 2.24) is 0 Å². The molecule has 2 aromatic rings. The SMILES string of the molecule is Cc1cccc(SCc2cc(F)cc(/C(N)=N/O)c2)c1. The van der Waals surface area contributed by atoms with Gasteiger partial charge < -0.3 is 10.9 Å². The summed E-state index contributed by atoms with van der Waals surface area (Å²) in [5, 5.41) is 11.5. The molecule has 20 heavy (non-hydrogen) atoms. The van der Waals surface area contributed by atoms with Crippen LogP contribution in [0.5, 0.6) is 0 Å². The molecule has 0 aliphatic rings. The van der Waals surface area contributed by atoms with E-state index in [2.05, 4.69) is 11.2 Å². The third-order valence-electron chi connectivity index (χ3n) is 2.76. The maximum atomic E-state index is 13.5. The summed E-state index contributed by atoms with van der Waals surface area (Å²) in [5.74, 6) is 0.132. The average Bonchev–Trinajstić information content (AvgIpc) is 2.44. The molecule has 0 fully saturated rings. The van der Waals surface area contributed by atoms with Crippen LogP contribution in [0.25, 0.3) is 0 Å². The number of oxime groups is 1. The maximum Gasteiger partial charge on any atom is 0.170 e. The van der Waals surface area contributed by atoms with Crippen molar-refractivity contribution in [3.05, 3.63) is 65.0 Å². The van der Waals surface area contributed by atoms with Crippen LogP contribution in [0.4, 0.5) is 4.39 Å². The number of halogens is 1. The Morgan fingerprint density at radius 1 is 1.30 bits per heavy atom. The average molecular weight is 290 g/mol. The second-order valence-electron chi connectivity index (χ2n) is 4.44. The van der Waals surface area contributed by atoms with Crippen LogP contribution in [-0.4, -0.2) is 11.0 Å². The summed E-state index contributed by atoms with van der Waals surface area (Å²) in [4.78, 5) is 1.12. The Morgan fingerprint density at radius 2 is 2.10 bits per heavy atom. The molecule has 0 amide bonds. The molecule has 0 aliphatic heterocycles. The number of rotatable bonds is 4. The Labute approximate surface area is 121 Å². The molecule has 0 saturated carbocycles. The summed E-state index contributed by atoms with van der Waals surface area (Å²) in [7, 11) is 0. The molecule has 0 aliphatic carbocycles. The molecule has 0 aromatic heterocycles. The van der Waals surface area contributed by atoms with E-state index < -0.39 is 5.82 Å². The fourth-order valence-electron chi connectivity index (χ4n) is 1.81. The van der Waals surface area contributed by atoms with Crippen LogP contribution in [0, 0.1) is 12.7 Å². The third-order valence-corrected chi connectivity index (χ3v) is 3.82. The Morgan fingerprint density at radius 3 is 2.80 bits per heavy atom. The van der Waals surface area contributed by atoms with E-state index in [9.17, 15) is 4.39 Å². The Kier molecular flexibility index (Phi) is 4.63. The van der Waals surface area contributed by atoms with E-state index in [-0.39, 0.29) is 5.84 Å². The molecular weight excluding hydrogens is 275 g/mol. The third kappa shape index (κ3) is 3.74. The summed E-state index contributed by atoms with van der Waals surface area (Å²) in [5.41, 5.74) is 7.84. The minimum absolute atomic E-state index is 0.0914. The largest absolute Gasteiger partial charge is 0.409 e. The van der Waals surface area contributed by atoms with Gasteiger partial charge in [0.25, 0.3) is 0 Å². The zero-order chi connectivity index (χ0) is 14.5. The lowest BCUT2D eigenvalue weighted by molar-refractivity contribution is 0.318. The maximum absolute atomic E-state index is 13.5. The summed E-state index contributed by atoms with van der Waals surface area (Å²) in [6.07, 6.45) is 0. The van der Waals surface area contributed by atoms with Crippen molar-refractivity contribution in [2.24, 2.45) is 10.9 Å². The summed E-state index contributed by atoms with van der Waals surface area (Å²) >= 11 is 1.61. The van der Waals surface area contributed by atoms with E-state index in [0.717, 1.165) is 10.5 Å². The highest BCUT2D eigenvalue weighted by atomic mass is 32.2. The molecule has 5 heteroatoms. The van der Waals surface area contributed by atoms with Gasteiger partial charge in [-0.1, -0.05) is 22.9 Å². The highest BCUT2D eigenvalue weighted by Gasteiger charge is 2.05. The van der Waals surface area contributed by atoms with E-state index in [1.54, 1.807) is 17.8 Å². The van der Waals surface area contributed by atoms with Crippen molar-refractivity contribution in [3.8, 4) is 0 Å². The smallest absolute Gasteiger partial charge is 0.170 e. The lowest BCUT2D eigenvalue weighted by Gasteiger charge is -2.06. The van der Waals surface area contributed by atoms with E-state index in [1.165, 1.54) is 17.7 Å². The molecule has 0 atom stereocenters. The fourth-order valence-corrected chi connectivity index (χ4v) is 2.76. The first-order valence-electron chi connectivity index (χ1n) is 6.05. The highest BCUT2D eigenvalue weighted by Crippen LogP contribution is 2.24. The van der Waals surface area contributed by atoms with E-state index in [0.29, 0.717) is 11.3 Å². The second kappa shape index (κ2) is 6.43. The van der Waals surface area contributed by atoms with Crippen molar-refractivity contribution < 1.29 is 9.60 Å². The van der Waals surface area contributed by atoms with Crippen LogP contribution in [0.2, 0.25) is 0 Å². The fraction of sp³-hybridized carbons (Fsp3) is 0.133. The number of thioether (sulfide) groups is 1. The molecule has 0 saturated heterocycles. The minimum Gasteiger partial charge on any atom is -0.409 e. The number of benzene rings is 2. The highest BCUT2D eigenvalue weighted by molar-refractivity contribution is 7.98. The topological polar surface area (TPSA) is 58.6 Å². The molecule has 2 rings (SSSR count). The van der Waals surface area contributed by atoms with Gasteiger partial charge in [-0.15, -0.1) is 11.8 Å². The predicted molar refractivity (Wildman–Crippen MR) is 79.7 cm³/mol. The van der Waals surface area contributed by atoms with Gasteiger partial charge in [0.1, 0.15) is 5.82 Å². The number of amidine groups is 1. The van der Waals surface area contributed by atoms with E-state index >= 15 is 0 Å². The van der Waals surface area contributed by atoms with Gasteiger partial charge in [-0.3, -0.25) is 0 Å². The normalized spacial score (nSPS) is 11.6. The summed E-state index contributed by atoms with van der Waals surface area (Å²) < 4.78 is 13.5. The molecule has 0 radical (unpaired) electrons. The van der Waals surface area contributed by atoms with Gasteiger partial charge in [0.2, 0.25) is 0 Å². The monoisotopic (exact) mass is 290 g/mol. The van der Waals surface area contributed by atoms with Gasteiger partial charge in [0.15, 0.2) is 5.84 Å². The van der Waals surface area contributed by atoms with Crippen molar-refractivity contribution in [2.45, 2.75) is 17.6 Å². The number of hydrogen-bond acceptors (Lipinski definition) is 3. The van der Waals surface area contributed by atoms with Gasteiger partial charge >= 0.3 is 0 Å². The molecule has 0 bridgehead atoms. The minimum atomic E-state index is -0.394. The molecule has 3 N–H and O–H groups in total. The number of hydrogen-bond donors (Lipinski definition) is 2. The van der Waals surface area contributed by atoms with Crippen molar-refractivity contribution in [2.75, 3.05) is 0 Å². The van der Waals surface area contributed by atoms with Crippen LogP contribution in [0.1, 0.15) is 16.7 Å². The summed E-state index contributed by atoms with van der Waals surface area (Å²) in [6, 6.07) is 12.5. The molecule has 0 spiro atoms. The number of nitrogens with zero attached hydrogens (tertiary/aromatic N) is 1. The van der Waals surface area contributed by atoms with Crippen LogP contribution >= 0.6 is 11.8 Å². The van der Waals surface area contributed by atoms with Gasteiger partial charge in [-0.25, -0.2) is 4.39 Å². The standard InChI is InChI=1S/C15H15FN2OS/c1-10-3-2-4-14(5-10)20-9-11-6-12(15(17)18-19)8-13(16)7-11/h2-8,19H,9H2,1H3,(H2,17,18). The molecule has 2 aromatic carbocycles. The van der Waals surface area contributed by atoms with E-state index in [4.69, 9.17) is 10.9 Å². The molecule has 0 heterocycles. The zero-order valence-electron chi connectivity index (χ0n) is 11.0. The number of aryl methyl sites for hydroxylation is 1. The quantitative estimate of drug-likeness (QED) is 0.298. The Balaban J connectivity index is 2.15. The molecule has 104 valence electrons. The number of nitrogens with two attached hydrogens (primary N) is 1. The Hall–Kier alpha value is -2.01. The lowest BCUT2D eigenvalue weighted by atomic mass is 10.1. The Bertz CT molecular complexity index is 644. The van der Waals surface area contributed by atoms with Crippen molar-refractivity contribution >= 4 is 17.6 Å².